The van der Waals surface area contributed by atoms with Crippen LogP contribution in [0.15, 0.2) is 30.3 Å². The van der Waals surface area contributed by atoms with Crippen LogP contribution in [0, 0.1) is 22.0 Å². The number of anilines is 1. The minimum atomic E-state index is -0.528. The maximum atomic E-state index is 12.6. The number of carbonyl (C=O) groups excluding carboxylic acids is 1. The predicted molar refractivity (Wildman–Crippen MR) is 75.0 cm³/mol. The fraction of sp³-hybridized carbons (Fsp3) is 0.533. The third kappa shape index (κ3) is 2.17. The van der Waals surface area contributed by atoms with E-state index in [2.05, 4.69) is 0 Å². The average Bonchev–Trinajstić information content (AvgIpc) is 3.06. The van der Waals surface area contributed by atoms with Crippen molar-refractivity contribution in [2.75, 3.05) is 11.4 Å². The van der Waals surface area contributed by atoms with E-state index in [0.29, 0.717) is 13.0 Å². The third-order valence-corrected chi connectivity index (χ3v) is 4.63. The van der Waals surface area contributed by atoms with Gasteiger partial charge in [0.2, 0.25) is 11.9 Å². The SMILES string of the molecule is O=C1[C@@H](C2CCC[C@@H]2[N+](=O)[O-])CCN1c1ccccc1. The molecule has 3 atom stereocenters. The Labute approximate surface area is 117 Å². The molecule has 1 aromatic carbocycles. The summed E-state index contributed by atoms with van der Waals surface area (Å²) in [6.07, 6.45) is 3.03. The highest BCUT2D eigenvalue weighted by molar-refractivity contribution is 5.97. The Kier molecular flexibility index (Phi) is 3.42. The number of hydrogen-bond acceptors (Lipinski definition) is 3. The first kappa shape index (κ1) is 13.1. The molecule has 1 heterocycles. The van der Waals surface area contributed by atoms with E-state index < -0.39 is 6.04 Å². The normalized spacial score (nSPS) is 29.9. The maximum absolute atomic E-state index is 12.6. The van der Waals surface area contributed by atoms with Gasteiger partial charge < -0.3 is 4.90 Å². The van der Waals surface area contributed by atoms with Crippen LogP contribution in [0.3, 0.4) is 0 Å². The number of nitro groups is 1. The van der Waals surface area contributed by atoms with Gasteiger partial charge in [-0.2, -0.15) is 0 Å². The molecule has 106 valence electrons. The van der Waals surface area contributed by atoms with Crippen LogP contribution in [0.25, 0.3) is 0 Å². The fourth-order valence-corrected chi connectivity index (χ4v) is 3.66. The number of rotatable bonds is 3. The van der Waals surface area contributed by atoms with Crippen molar-refractivity contribution >= 4 is 11.6 Å². The lowest BCUT2D eigenvalue weighted by molar-refractivity contribution is -0.530. The van der Waals surface area contributed by atoms with Crippen LogP contribution in [0.5, 0.6) is 0 Å². The smallest absolute Gasteiger partial charge is 0.230 e. The van der Waals surface area contributed by atoms with Crippen molar-refractivity contribution in [1.82, 2.24) is 0 Å². The number of benzene rings is 1. The number of carbonyl (C=O) groups is 1. The maximum Gasteiger partial charge on any atom is 0.230 e. The molecule has 20 heavy (non-hydrogen) atoms. The van der Waals surface area contributed by atoms with Gasteiger partial charge in [0.1, 0.15) is 0 Å². The first-order valence-corrected chi connectivity index (χ1v) is 7.18. The number of amides is 1. The van der Waals surface area contributed by atoms with E-state index in [1.54, 1.807) is 4.90 Å². The van der Waals surface area contributed by atoms with E-state index in [4.69, 9.17) is 0 Å². The van der Waals surface area contributed by atoms with Gasteiger partial charge in [-0.3, -0.25) is 14.9 Å². The van der Waals surface area contributed by atoms with Crippen molar-refractivity contribution in [3.63, 3.8) is 0 Å². The van der Waals surface area contributed by atoms with Crippen LogP contribution in [0.4, 0.5) is 5.69 Å². The summed E-state index contributed by atoms with van der Waals surface area (Å²) in [5.41, 5.74) is 0.899. The first-order chi connectivity index (χ1) is 9.68. The van der Waals surface area contributed by atoms with Gasteiger partial charge in [-0.15, -0.1) is 0 Å². The van der Waals surface area contributed by atoms with Gasteiger partial charge in [0.05, 0.1) is 0 Å². The molecule has 1 unspecified atom stereocenters. The highest BCUT2D eigenvalue weighted by Gasteiger charge is 2.47. The molecule has 2 aliphatic rings. The lowest BCUT2D eigenvalue weighted by atomic mass is 9.87. The number of nitrogens with zero attached hydrogens (tertiary/aromatic N) is 2. The molecular weight excluding hydrogens is 256 g/mol. The molecule has 5 heteroatoms. The molecule has 1 aliphatic carbocycles. The summed E-state index contributed by atoms with van der Waals surface area (Å²) in [7, 11) is 0. The standard InChI is InChI=1S/C15H18N2O3/c18-15-13(12-7-4-8-14(12)17(19)20)9-10-16(15)11-5-2-1-3-6-11/h1-3,5-6,12-14H,4,7-10H2/t12?,13-,14+/m1/s1. The van der Waals surface area contributed by atoms with Gasteiger partial charge >= 0.3 is 0 Å². The molecular formula is C15H18N2O3. The largest absolute Gasteiger partial charge is 0.312 e. The van der Waals surface area contributed by atoms with E-state index in [1.807, 2.05) is 30.3 Å². The molecule has 1 saturated carbocycles. The molecule has 1 aliphatic heterocycles. The Morgan fingerprint density at radius 3 is 2.60 bits per heavy atom. The van der Waals surface area contributed by atoms with Gasteiger partial charge in [0.15, 0.2) is 0 Å². The molecule has 1 amide bonds. The van der Waals surface area contributed by atoms with Gasteiger partial charge in [0, 0.05) is 35.4 Å². The fourth-order valence-electron chi connectivity index (χ4n) is 3.66. The van der Waals surface area contributed by atoms with Crippen molar-refractivity contribution in [3.05, 3.63) is 40.4 Å². The van der Waals surface area contributed by atoms with Crippen molar-refractivity contribution in [3.8, 4) is 0 Å². The topological polar surface area (TPSA) is 63.4 Å². The van der Waals surface area contributed by atoms with Crippen molar-refractivity contribution in [1.29, 1.82) is 0 Å². The van der Waals surface area contributed by atoms with E-state index in [0.717, 1.165) is 24.9 Å². The number of para-hydroxylation sites is 1. The molecule has 0 spiro atoms. The van der Waals surface area contributed by atoms with Crippen LogP contribution in [-0.2, 0) is 4.79 Å². The van der Waals surface area contributed by atoms with Crippen LogP contribution in [0.2, 0.25) is 0 Å². The van der Waals surface area contributed by atoms with Crippen molar-refractivity contribution in [2.24, 2.45) is 11.8 Å². The van der Waals surface area contributed by atoms with Crippen molar-refractivity contribution in [2.45, 2.75) is 31.7 Å². The Hall–Kier alpha value is -1.91. The minimum absolute atomic E-state index is 0.0648. The zero-order chi connectivity index (χ0) is 14.1. The molecule has 0 radical (unpaired) electrons. The molecule has 0 aromatic heterocycles. The summed E-state index contributed by atoms with van der Waals surface area (Å²) in [6, 6.07) is 9.04. The van der Waals surface area contributed by atoms with E-state index in [9.17, 15) is 14.9 Å². The third-order valence-electron chi connectivity index (χ3n) is 4.63. The summed E-state index contributed by atoms with van der Waals surface area (Å²) in [4.78, 5) is 25.3. The molecule has 2 fully saturated rings. The molecule has 0 N–H and O–H groups in total. The lowest BCUT2D eigenvalue weighted by Crippen LogP contribution is -2.35. The first-order valence-electron chi connectivity index (χ1n) is 7.18. The number of hydrogen-bond donors (Lipinski definition) is 0. The zero-order valence-electron chi connectivity index (χ0n) is 11.3. The summed E-state index contributed by atoms with van der Waals surface area (Å²) in [5, 5.41) is 11.1. The molecule has 1 saturated heterocycles. The summed E-state index contributed by atoms with van der Waals surface area (Å²) < 4.78 is 0. The summed E-state index contributed by atoms with van der Waals surface area (Å²) in [6.45, 7) is 0.675. The van der Waals surface area contributed by atoms with E-state index in [-0.39, 0.29) is 22.7 Å². The second kappa shape index (κ2) is 5.23. The van der Waals surface area contributed by atoms with Gasteiger partial charge in [-0.05, 0) is 31.4 Å². The molecule has 0 bridgehead atoms. The molecule has 5 nitrogen and oxygen atoms in total. The van der Waals surface area contributed by atoms with Crippen LogP contribution >= 0.6 is 0 Å². The van der Waals surface area contributed by atoms with E-state index >= 15 is 0 Å². The highest BCUT2D eigenvalue weighted by atomic mass is 16.6. The van der Waals surface area contributed by atoms with E-state index in [1.165, 1.54) is 0 Å². The quantitative estimate of drug-likeness (QED) is 0.628. The Bertz CT molecular complexity index is 517. The average molecular weight is 274 g/mol. The summed E-state index contributed by atoms with van der Waals surface area (Å²) in [5.74, 6) is -0.186. The highest BCUT2D eigenvalue weighted by Crippen LogP contribution is 2.39. The predicted octanol–water partition coefficient (Wildman–Crippen LogP) is 2.48. The van der Waals surface area contributed by atoms with Gasteiger partial charge in [-0.25, -0.2) is 0 Å². The summed E-state index contributed by atoms with van der Waals surface area (Å²) >= 11 is 0. The van der Waals surface area contributed by atoms with Crippen LogP contribution in [-0.4, -0.2) is 23.4 Å². The second-order valence-electron chi connectivity index (χ2n) is 5.67. The zero-order valence-corrected chi connectivity index (χ0v) is 11.3. The minimum Gasteiger partial charge on any atom is -0.312 e. The monoisotopic (exact) mass is 274 g/mol. The lowest BCUT2D eigenvalue weighted by Gasteiger charge is -2.20. The van der Waals surface area contributed by atoms with Crippen LogP contribution < -0.4 is 4.90 Å². The van der Waals surface area contributed by atoms with Crippen LogP contribution in [0.1, 0.15) is 25.7 Å². The molecule has 1 aromatic rings. The van der Waals surface area contributed by atoms with Gasteiger partial charge in [-0.1, -0.05) is 18.2 Å². The Morgan fingerprint density at radius 1 is 1.15 bits per heavy atom. The van der Waals surface area contributed by atoms with Gasteiger partial charge in [0.25, 0.3) is 0 Å². The molecule has 3 rings (SSSR count). The second-order valence-corrected chi connectivity index (χ2v) is 5.67. The Morgan fingerprint density at radius 2 is 1.90 bits per heavy atom. The van der Waals surface area contributed by atoms with Crippen molar-refractivity contribution < 1.29 is 9.72 Å². The Balaban J connectivity index is 1.77.